The lowest BCUT2D eigenvalue weighted by Gasteiger charge is -2.36. The van der Waals surface area contributed by atoms with Gasteiger partial charge in [-0.05, 0) is 55.8 Å². The lowest BCUT2D eigenvalue weighted by Crippen LogP contribution is -2.44. The van der Waals surface area contributed by atoms with E-state index in [4.69, 9.17) is 9.47 Å². The molecule has 0 aromatic heterocycles. The second-order valence-electron chi connectivity index (χ2n) is 7.31. The first kappa shape index (κ1) is 21.1. The van der Waals surface area contributed by atoms with Gasteiger partial charge in [-0.25, -0.2) is 4.39 Å². The Bertz CT molecular complexity index is 791. The molecule has 0 spiro atoms. The number of amides is 1. The smallest absolute Gasteiger partial charge is 0.244 e. The van der Waals surface area contributed by atoms with Crippen molar-refractivity contribution in [1.29, 1.82) is 0 Å². The second-order valence-corrected chi connectivity index (χ2v) is 7.31. The fourth-order valence-corrected chi connectivity index (χ4v) is 3.68. The molecule has 0 radical (unpaired) electrons. The van der Waals surface area contributed by atoms with E-state index in [1.54, 1.807) is 31.2 Å². The van der Waals surface area contributed by atoms with Crippen molar-refractivity contribution in [2.45, 2.75) is 25.3 Å². The van der Waals surface area contributed by atoms with Crippen LogP contribution in [0.25, 0.3) is 0 Å². The number of para-hydroxylation sites is 2. The van der Waals surface area contributed by atoms with Crippen LogP contribution < -0.4 is 9.47 Å². The van der Waals surface area contributed by atoms with Gasteiger partial charge in [0, 0.05) is 7.05 Å². The van der Waals surface area contributed by atoms with Gasteiger partial charge in [0.15, 0.2) is 11.5 Å². The fraction of sp³-hybridized carbons (Fsp3) is 0.435. The summed E-state index contributed by atoms with van der Waals surface area (Å²) in [6.45, 7) is 2.56. The van der Waals surface area contributed by atoms with Gasteiger partial charge in [-0.1, -0.05) is 30.7 Å². The summed E-state index contributed by atoms with van der Waals surface area (Å²) in [5.74, 6) is 1.03. The highest BCUT2D eigenvalue weighted by molar-refractivity contribution is 5.83. The van der Waals surface area contributed by atoms with Crippen molar-refractivity contribution in [3.8, 4) is 11.5 Å². The first-order chi connectivity index (χ1) is 14.1. The molecule has 0 N–H and O–H groups in total. The number of hydrogen-bond acceptors (Lipinski definition) is 4. The van der Waals surface area contributed by atoms with Crippen molar-refractivity contribution in [2.24, 2.45) is 0 Å². The Labute approximate surface area is 172 Å². The molecule has 1 saturated heterocycles. The summed E-state index contributed by atoms with van der Waals surface area (Å²) in [6, 6.07) is 13.3. The van der Waals surface area contributed by atoms with Crippen molar-refractivity contribution < 1.29 is 18.7 Å². The molecule has 1 amide bonds. The van der Waals surface area contributed by atoms with Crippen LogP contribution in [-0.2, 0) is 4.79 Å². The molecule has 2 aromatic carbocycles. The molecule has 1 aliphatic heterocycles. The predicted molar refractivity (Wildman–Crippen MR) is 111 cm³/mol. The zero-order chi connectivity index (χ0) is 20.6. The maximum Gasteiger partial charge on any atom is 0.244 e. The number of benzene rings is 2. The van der Waals surface area contributed by atoms with E-state index >= 15 is 0 Å². The maximum absolute atomic E-state index is 13.4. The summed E-state index contributed by atoms with van der Waals surface area (Å²) in [5.41, 5.74) is 0.829. The van der Waals surface area contributed by atoms with E-state index < -0.39 is 6.04 Å². The van der Waals surface area contributed by atoms with E-state index in [-0.39, 0.29) is 11.7 Å². The van der Waals surface area contributed by atoms with E-state index in [0.717, 1.165) is 31.5 Å². The van der Waals surface area contributed by atoms with Crippen LogP contribution in [0, 0.1) is 5.82 Å². The van der Waals surface area contributed by atoms with Gasteiger partial charge in [0.05, 0.1) is 13.7 Å². The van der Waals surface area contributed by atoms with Crippen LogP contribution in [-0.4, -0.2) is 56.1 Å². The molecule has 5 nitrogen and oxygen atoms in total. The number of hydrogen-bond donors (Lipinski definition) is 0. The summed E-state index contributed by atoms with van der Waals surface area (Å²) in [5, 5.41) is 0. The minimum atomic E-state index is -0.396. The van der Waals surface area contributed by atoms with Crippen LogP contribution >= 0.6 is 0 Å². The van der Waals surface area contributed by atoms with Gasteiger partial charge in [-0.15, -0.1) is 0 Å². The van der Waals surface area contributed by atoms with Crippen molar-refractivity contribution in [3.05, 3.63) is 59.9 Å². The third kappa shape index (κ3) is 5.48. The number of nitrogens with zero attached hydrogens (tertiary/aromatic N) is 2. The topological polar surface area (TPSA) is 42.0 Å². The van der Waals surface area contributed by atoms with Gasteiger partial charge in [0.25, 0.3) is 0 Å². The molecule has 3 rings (SSSR count). The van der Waals surface area contributed by atoms with Gasteiger partial charge in [0.1, 0.15) is 18.5 Å². The number of carbonyl (C=O) groups excluding carboxylic acids is 1. The van der Waals surface area contributed by atoms with Crippen LogP contribution in [0.2, 0.25) is 0 Å². The van der Waals surface area contributed by atoms with Gasteiger partial charge in [0.2, 0.25) is 5.91 Å². The SMILES string of the molecule is COc1ccccc1OCCN(C)C(=O)C(c1ccc(F)cc1)N1CCCCC1. The average Bonchev–Trinajstić information content (AvgIpc) is 2.76. The minimum Gasteiger partial charge on any atom is -0.493 e. The largest absolute Gasteiger partial charge is 0.493 e. The molecule has 1 aliphatic rings. The molecular formula is C23H29FN2O3. The highest BCUT2D eigenvalue weighted by atomic mass is 19.1. The third-order valence-corrected chi connectivity index (χ3v) is 5.31. The number of halogens is 1. The Balaban J connectivity index is 1.66. The van der Waals surface area contributed by atoms with Crippen molar-refractivity contribution in [2.75, 3.05) is 40.4 Å². The Morgan fingerprint density at radius 1 is 1.07 bits per heavy atom. The average molecular weight is 400 g/mol. The molecule has 1 heterocycles. The molecule has 156 valence electrons. The number of methoxy groups -OCH3 is 1. The first-order valence-electron chi connectivity index (χ1n) is 10.1. The number of carbonyl (C=O) groups is 1. The highest BCUT2D eigenvalue weighted by Gasteiger charge is 2.30. The zero-order valence-electron chi connectivity index (χ0n) is 17.1. The normalized spacial score (nSPS) is 15.6. The monoisotopic (exact) mass is 400 g/mol. The van der Waals surface area contributed by atoms with Gasteiger partial charge in [-0.3, -0.25) is 9.69 Å². The van der Waals surface area contributed by atoms with Gasteiger partial charge in [-0.2, -0.15) is 0 Å². The summed E-state index contributed by atoms with van der Waals surface area (Å²) in [6.07, 6.45) is 3.33. The number of rotatable bonds is 8. The molecular weight excluding hydrogens is 371 g/mol. The van der Waals surface area contributed by atoms with E-state index in [1.807, 2.05) is 24.3 Å². The quantitative estimate of drug-likeness (QED) is 0.674. The highest BCUT2D eigenvalue weighted by Crippen LogP contribution is 2.28. The van der Waals surface area contributed by atoms with Crippen molar-refractivity contribution in [1.82, 2.24) is 9.80 Å². The predicted octanol–water partition coefficient (Wildman–Crippen LogP) is 3.90. The van der Waals surface area contributed by atoms with E-state index in [1.165, 1.54) is 18.6 Å². The Morgan fingerprint density at radius 3 is 2.38 bits per heavy atom. The van der Waals surface area contributed by atoms with Crippen molar-refractivity contribution in [3.63, 3.8) is 0 Å². The molecule has 0 bridgehead atoms. The van der Waals surface area contributed by atoms with Crippen LogP contribution in [0.3, 0.4) is 0 Å². The second kappa shape index (κ2) is 10.3. The Kier molecular flexibility index (Phi) is 7.47. The number of likely N-dealkylation sites (tertiary alicyclic amines) is 1. The standard InChI is InChI=1S/C23H29FN2O3/c1-25(16-17-29-21-9-5-4-8-20(21)28-2)23(27)22(26-14-6-3-7-15-26)18-10-12-19(24)13-11-18/h4-5,8-13,22H,3,6-7,14-17H2,1-2H3. The molecule has 0 saturated carbocycles. The zero-order valence-corrected chi connectivity index (χ0v) is 17.1. The van der Waals surface area contributed by atoms with Crippen LogP contribution in [0.1, 0.15) is 30.9 Å². The number of likely N-dealkylation sites (N-methyl/N-ethyl adjacent to an activating group) is 1. The van der Waals surface area contributed by atoms with Gasteiger partial charge >= 0.3 is 0 Å². The molecule has 1 fully saturated rings. The van der Waals surface area contributed by atoms with E-state index in [0.29, 0.717) is 24.7 Å². The molecule has 2 aromatic rings. The fourth-order valence-electron chi connectivity index (χ4n) is 3.68. The molecule has 0 aliphatic carbocycles. The summed E-state index contributed by atoms with van der Waals surface area (Å²) < 4.78 is 24.5. The molecule has 6 heteroatoms. The lowest BCUT2D eigenvalue weighted by molar-refractivity contribution is -0.136. The Morgan fingerprint density at radius 2 is 1.72 bits per heavy atom. The molecule has 1 unspecified atom stereocenters. The molecule has 29 heavy (non-hydrogen) atoms. The van der Waals surface area contributed by atoms with Crippen LogP contribution in [0.5, 0.6) is 11.5 Å². The van der Waals surface area contributed by atoms with Crippen molar-refractivity contribution >= 4 is 5.91 Å². The molecule has 1 atom stereocenters. The van der Waals surface area contributed by atoms with E-state index in [2.05, 4.69) is 4.90 Å². The van der Waals surface area contributed by atoms with Crippen LogP contribution in [0.15, 0.2) is 48.5 Å². The number of piperidine rings is 1. The lowest BCUT2D eigenvalue weighted by atomic mass is 10.0. The third-order valence-electron chi connectivity index (χ3n) is 5.31. The maximum atomic E-state index is 13.4. The first-order valence-corrected chi connectivity index (χ1v) is 10.1. The Hall–Kier alpha value is -2.60. The van der Waals surface area contributed by atoms with E-state index in [9.17, 15) is 9.18 Å². The van der Waals surface area contributed by atoms with Crippen LogP contribution in [0.4, 0.5) is 4.39 Å². The summed E-state index contributed by atoms with van der Waals surface area (Å²) in [4.78, 5) is 17.2. The summed E-state index contributed by atoms with van der Waals surface area (Å²) in [7, 11) is 3.39. The van der Waals surface area contributed by atoms with Gasteiger partial charge < -0.3 is 14.4 Å². The number of ether oxygens (including phenoxy) is 2. The minimum absolute atomic E-state index is 0.00198. The summed E-state index contributed by atoms with van der Waals surface area (Å²) >= 11 is 0.